The Labute approximate surface area is 242 Å². The first-order chi connectivity index (χ1) is 20.1. The number of pyridine rings is 1. The lowest BCUT2D eigenvalue weighted by molar-refractivity contribution is -0.148. The van der Waals surface area contributed by atoms with Gasteiger partial charge in [-0.15, -0.1) is 0 Å². The van der Waals surface area contributed by atoms with Gasteiger partial charge in [-0.3, -0.25) is 4.79 Å². The molecule has 0 spiro atoms. The number of amides is 2. The predicted molar refractivity (Wildman–Crippen MR) is 140 cm³/mol. The molecule has 232 valence electrons. The van der Waals surface area contributed by atoms with Gasteiger partial charge in [-0.2, -0.15) is 13.2 Å². The minimum atomic E-state index is -4.77. The van der Waals surface area contributed by atoms with Gasteiger partial charge < -0.3 is 24.3 Å². The van der Waals surface area contributed by atoms with E-state index in [4.69, 9.17) is 9.47 Å². The molecule has 0 aliphatic carbocycles. The summed E-state index contributed by atoms with van der Waals surface area (Å²) in [6.07, 6.45) is -5.25. The van der Waals surface area contributed by atoms with Crippen LogP contribution in [0, 0.1) is 17.5 Å². The molecule has 1 aliphatic heterocycles. The lowest BCUT2D eigenvalue weighted by atomic mass is 10.0. The number of hydrogen-bond acceptors (Lipinski definition) is 6. The molecule has 15 heteroatoms. The molecule has 3 aromatic rings. The van der Waals surface area contributed by atoms with E-state index in [-0.39, 0.29) is 48.0 Å². The maximum atomic E-state index is 14.4. The topological polar surface area (TPSA) is 98.6 Å². The van der Waals surface area contributed by atoms with Gasteiger partial charge in [-0.1, -0.05) is 0 Å². The van der Waals surface area contributed by atoms with E-state index in [1.165, 1.54) is 30.3 Å². The maximum absolute atomic E-state index is 14.4. The number of hydrogen-bond donors (Lipinski definition) is 1. The Balaban J connectivity index is 1.61. The number of halogens is 6. The minimum Gasteiger partial charge on any atom is -0.481 e. The number of nitrogens with zero attached hydrogens (tertiary/aromatic N) is 4. The van der Waals surface area contributed by atoms with Gasteiger partial charge in [0.1, 0.15) is 11.4 Å². The molecule has 0 radical (unpaired) electrons. The molecule has 0 saturated carbocycles. The number of benzene rings is 1. The third kappa shape index (κ3) is 7.56. The fraction of sp³-hybridized carbons (Fsp3) is 0.429. The van der Waals surface area contributed by atoms with Crippen LogP contribution in [-0.4, -0.2) is 56.7 Å². The van der Waals surface area contributed by atoms with Gasteiger partial charge in [0.2, 0.25) is 17.6 Å². The van der Waals surface area contributed by atoms with E-state index in [0.717, 1.165) is 4.57 Å². The van der Waals surface area contributed by atoms with E-state index in [2.05, 4.69) is 15.3 Å². The van der Waals surface area contributed by atoms with Crippen molar-refractivity contribution in [2.45, 2.75) is 64.5 Å². The highest BCUT2D eigenvalue weighted by molar-refractivity contribution is 5.78. The number of fused-ring (bicyclic) bond motifs is 1. The number of alkyl halides is 3. The number of alkyl carbamates (subject to hydrolysis) is 1. The van der Waals surface area contributed by atoms with E-state index < -0.39 is 65.9 Å². The number of ether oxygens (including phenoxy) is 2. The Bertz CT molecular complexity index is 1500. The number of carbonyl (C=O) groups is 2. The van der Waals surface area contributed by atoms with Crippen LogP contribution in [0.25, 0.3) is 11.3 Å². The normalized spacial score (nSPS) is 14.2. The van der Waals surface area contributed by atoms with Gasteiger partial charge in [0.05, 0.1) is 25.0 Å². The second-order valence-corrected chi connectivity index (χ2v) is 10.9. The summed E-state index contributed by atoms with van der Waals surface area (Å²) in [5.74, 6) is -5.28. The zero-order valence-corrected chi connectivity index (χ0v) is 23.7. The van der Waals surface area contributed by atoms with Crippen molar-refractivity contribution in [3.05, 3.63) is 65.0 Å². The standard InChI is InChI=1S/C28H29F6N5O4/c1-27(2,3)43-26(41)36-17(9-16-10-19(30)20(31)12-18(16)29)11-23(40)38-7-8-39-21(14-38)24(37-25(39)28(32,33)34)15-5-6-22(42-4)35-13-15/h5-6,10,12-13,17H,7-9,11,14H2,1-4H3,(H,36,41)/t17-/m1/s1. The van der Waals surface area contributed by atoms with E-state index in [9.17, 15) is 35.9 Å². The fourth-order valence-corrected chi connectivity index (χ4v) is 4.64. The first kappa shape index (κ1) is 31.6. The van der Waals surface area contributed by atoms with Gasteiger partial charge in [0.25, 0.3) is 0 Å². The smallest absolute Gasteiger partial charge is 0.449 e. The van der Waals surface area contributed by atoms with Gasteiger partial charge in [-0.05, 0) is 44.9 Å². The molecule has 0 saturated heterocycles. The average molecular weight is 614 g/mol. The summed E-state index contributed by atoms with van der Waals surface area (Å²) in [6.45, 7) is 4.19. The number of imidazole rings is 1. The highest BCUT2D eigenvalue weighted by atomic mass is 19.4. The Morgan fingerprint density at radius 2 is 1.74 bits per heavy atom. The van der Waals surface area contributed by atoms with Crippen molar-refractivity contribution in [2.24, 2.45) is 0 Å². The van der Waals surface area contributed by atoms with Crippen LogP contribution < -0.4 is 10.1 Å². The fourth-order valence-electron chi connectivity index (χ4n) is 4.64. The summed E-state index contributed by atoms with van der Waals surface area (Å²) in [6, 6.07) is 2.81. The minimum absolute atomic E-state index is 0.0210. The number of aromatic nitrogens is 3. The Morgan fingerprint density at radius 3 is 2.35 bits per heavy atom. The van der Waals surface area contributed by atoms with Gasteiger partial charge in [0, 0.05) is 49.4 Å². The summed E-state index contributed by atoms with van der Waals surface area (Å²) in [7, 11) is 1.39. The number of rotatable bonds is 7. The van der Waals surface area contributed by atoms with Gasteiger partial charge in [0.15, 0.2) is 11.6 Å². The van der Waals surface area contributed by atoms with Crippen LogP contribution in [0.1, 0.15) is 44.3 Å². The number of nitrogens with one attached hydrogen (secondary N) is 1. The summed E-state index contributed by atoms with van der Waals surface area (Å²) in [5.41, 5.74) is -0.851. The number of methoxy groups -OCH3 is 1. The molecule has 9 nitrogen and oxygen atoms in total. The summed E-state index contributed by atoms with van der Waals surface area (Å²) in [4.78, 5) is 35.1. The molecular weight excluding hydrogens is 584 g/mol. The zero-order chi connectivity index (χ0) is 31.7. The Morgan fingerprint density at radius 1 is 1.05 bits per heavy atom. The molecule has 0 fully saturated rings. The van der Waals surface area contributed by atoms with Crippen molar-refractivity contribution >= 4 is 12.0 Å². The van der Waals surface area contributed by atoms with Crippen molar-refractivity contribution in [1.29, 1.82) is 0 Å². The summed E-state index contributed by atoms with van der Waals surface area (Å²) < 4.78 is 94.6. The van der Waals surface area contributed by atoms with Crippen LogP contribution in [0.3, 0.4) is 0 Å². The molecule has 1 aliphatic rings. The molecule has 2 amide bonds. The molecule has 4 rings (SSSR count). The maximum Gasteiger partial charge on any atom is 0.449 e. The molecule has 1 N–H and O–H groups in total. The first-order valence-electron chi connectivity index (χ1n) is 13.1. The first-order valence-corrected chi connectivity index (χ1v) is 13.1. The predicted octanol–water partition coefficient (Wildman–Crippen LogP) is 5.26. The molecular formula is C28H29F6N5O4. The molecule has 0 unspecified atom stereocenters. The molecule has 43 heavy (non-hydrogen) atoms. The van der Waals surface area contributed by atoms with Crippen LogP contribution >= 0.6 is 0 Å². The Kier molecular flexibility index (Phi) is 8.92. The highest BCUT2D eigenvalue weighted by Crippen LogP contribution is 2.36. The van der Waals surface area contributed by atoms with Crippen molar-refractivity contribution < 1.29 is 45.4 Å². The third-order valence-corrected chi connectivity index (χ3v) is 6.53. The molecule has 3 heterocycles. The zero-order valence-electron chi connectivity index (χ0n) is 23.7. The van der Waals surface area contributed by atoms with E-state index in [1.54, 1.807) is 20.8 Å². The monoisotopic (exact) mass is 613 g/mol. The molecule has 2 aromatic heterocycles. The second kappa shape index (κ2) is 12.1. The molecule has 0 bridgehead atoms. The lowest BCUT2D eigenvalue weighted by Crippen LogP contribution is -2.45. The molecule has 1 aromatic carbocycles. The third-order valence-electron chi connectivity index (χ3n) is 6.53. The van der Waals surface area contributed by atoms with E-state index in [1.807, 2.05) is 0 Å². The van der Waals surface area contributed by atoms with E-state index >= 15 is 0 Å². The van der Waals surface area contributed by atoms with Crippen LogP contribution in [0.4, 0.5) is 31.1 Å². The van der Waals surface area contributed by atoms with Gasteiger partial charge >= 0.3 is 12.3 Å². The van der Waals surface area contributed by atoms with Crippen molar-refractivity contribution in [3.63, 3.8) is 0 Å². The van der Waals surface area contributed by atoms with Crippen LogP contribution in [0.15, 0.2) is 30.5 Å². The van der Waals surface area contributed by atoms with Crippen molar-refractivity contribution in [2.75, 3.05) is 13.7 Å². The van der Waals surface area contributed by atoms with Crippen LogP contribution in [0.5, 0.6) is 5.88 Å². The lowest BCUT2D eigenvalue weighted by Gasteiger charge is -2.31. The number of carbonyl (C=O) groups excluding carboxylic acids is 2. The quantitative estimate of drug-likeness (QED) is 0.289. The van der Waals surface area contributed by atoms with Crippen molar-refractivity contribution in [3.8, 4) is 17.1 Å². The van der Waals surface area contributed by atoms with Crippen LogP contribution in [-0.2, 0) is 35.2 Å². The Hall–Kier alpha value is -4.30. The largest absolute Gasteiger partial charge is 0.481 e. The summed E-state index contributed by atoms with van der Waals surface area (Å²) >= 11 is 0. The second-order valence-electron chi connectivity index (χ2n) is 10.9. The highest BCUT2D eigenvalue weighted by Gasteiger charge is 2.41. The summed E-state index contributed by atoms with van der Waals surface area (Å²) in [5, 5.41) is 2.47. The van der Waals surface area contributed by atoms with Crippen LogP contribution in [0.2, 0.25) is 0 Å². The van der Waals surface area contributed by atoms with Gasteiger partial charge in [-0.25, -0.2) is 27.9 Å². The molecule has 1 atom stereocenters. The van der Waals surface area contributed by atoms with E-state index in [0.29, 0.717) is 12.1 Å². The SMILES string of the molecule is COc1ccc(-c2nc(C(F)(F)F)n3c2CN(C(=O)C[C@@H](Cc2cc(F)c(F)cc2F)NC(=O)OC(C)(C)C)CC3)cn1. The van der Waals surface area contributed by atoms with Crippen molar-refractivity contribution in [1.82, 2.24) is 24.8 Å². The average Bonchev–Trinajstić information content (AvgIpc) is 3.30.